The van der Waals surface area contributed by atoms with Gasteiger partial charge >= 0.3 is 0 Å². The molecule has 0 unspecified atom stereocenters. The predicted octanol–water partition coefficient (Wildman–Crippen LogP) is 2.57. The fourth-order valence-corrected chi connectivity index (χ4v) is 1.33. The van der Waals surface area contributed by atoms with E-state index in [1.807, 2.05) is 18.2 Å². The van der Waals surface area contributed by atoms with Gasteiger partial charge in [-0.15, -0.1) is 0 Å². The summed E-state index contributed by atoms with van der Waals surface area (Å²) in [7, 11) is 0. The molecule has 0 saturated heterocycles. The van der Waals surface area contributed by atoms with Gasteiger partial charge in [-0.2, -0.15) is 5.26 Å². The third-order valence-corrected chi connectivity index (χ3v) is 1.91. The van der Waals surface area contributed by atoms with E-state index in [4.69, 9.17) is 22.6 Å². The van der Waals surface area contributed by atoms with Crippen LogP contribution in [0.5, 0.6) is 0 Å². The first-order chi connectivity index (χ1) is 6.76. The van der Waals surface area contributed by atoms with Crippen LogP contribution in [-0.2, 0) is 0 Å². The van der Waals surface area contributed by atoms with Gasteiger partial charge in [-0.1, -0.05) is 23.8 Å². The normalized spacial score (nSPS) is 10.4. The molecule has 14 heavy (non-hydrogen) atoms. The molecule has 0 radical (unpaired) electrons. The Balaban J connectivity index is 2.88. The van der Waals surface area contributed by atoms with E-state index in [9.17, 15) is 0 Å². The van der Waals surface area contributed by atoms with Gasteiger partial charge in [0.1, 0.15) is 0 Å². The van der Waals surface area contributed by atoms with E-state index >= 15 is 0 Å². The Hall–Kier alpha value is -1.30. The molecule has 0 aromatic heterocycles. The summed E-state index contributed by atoms with van der Waals surface area (Å²) in [5.41, 5.74) is 6.86. The molecule has 0 fully saturated rings. The summed E-state index contributed by atoms with van der Waals surface area (Å²) < 4.78 is 0. The van der Waals surface area contributed by atoms with Gasteiger partial charge < -0.3 is 5.73 Å². The molecular weight excluding hydrogens is 196 g/mol. The number of nitrogens with two attached hydrogens (primary N) is 1. The molecular formula is C11H11ClN2. The molecule has 0 bridgehead atoms. The van der Waals surface area contributed by atoms with Crippen LogP contribution in [0, 0.1) is 11.3 Å². The SMILES string of the molecule is N#Cc1cc(Cl)cc(C=CCCN)c1. The third-order valence-electron chi connectivity index (χ3n) is 1.69. The van der Waals surface area contributed by atoms with Gasteiger partial charge in [0.25, 0.3) is 0 Å². The summed E-state index contributed by atoms with van der Waals surface area (Å²) in [6, 6.07) is 7.30. The number of hydrogen-bond acceptors (Lipinski definition) is 2. The Bertz CT molecular complexity index is 377. The van der Waals surface area contributed by atoms with E-state index in [0.29, 0.717) is 17.1 Å². The van der Waals surface area contributed by atoms with Crippen molar-refractivity contribution in [2.24, 2.45) is 5.73 Å². The smallest absolute Gasteiger partial charge is 0.0992 e. The molecule has 1 rings (SSSR count). The van der Waals surface area contributed by atoms with Crippen molar-refractivity contribution < 1.29 is 0 Å². The third kappa shape index (κ3) is 3.21. The maximum Gasteiger partial charge on any atom is 0.0992 e. The van der Waals surface area contributed by atoms with Crippen molar-refractivity contribution in [3.8, 4) is 6.07 Å². The van der Waals surface area contributed by atoms with Crippen molar-refractivity contribution in [2.45, 2.75) is 6.42 Å². The summed E-state index contributed by atoms with van der Waals surface area (Å²) in [5, 5.41) is 9.29. The van der Waals surface area contributed by atoms with Crippen molar-refractivity contribution in [3.63, 3.8) is 0 Å². The van der Waals surface area contributed by atoms with E-state index in [2.05, 4.69) is 6.07 Å². The van der Waals surface area contributed by atoms with Crippen LogP contribution >= 0.6 is 11.6 Å². The highest BCUT2D eigenvalue weighted by Crippen LogP contribution is 2.15. The van der Waals surface area contributed by atoms with E-state index in [0.717, 1.165) is 12.0 Å². The number of rotatable bonds is 3. The molecule has 0 aliphatic rings. The van der Waals surface area contributed by atoms with Crippen molar-refractivity contribution in [2.75, 3.05) is 6.54 Å². The van der Waals surface area contributed by atoms with Crippen LogP contribution in [0.2, 0.25) is 5.02 Å². The average Bonchev–Trinajstić information content (AvgIpc) is 2.17. The highest BCUT2D eigenvalue weighted by Gasteiger charge is 1.95. The maximum absolute atomic E-state index is 8.71. The van der Waals surface area contributed by atoms with Gasteiger partial charge in [0.05, 0.1) is 11.6 Å². The van der Waals surface area contributed by atoms with Gasteiger partial charge in [-0.05, 0) is 36.7 Å². The fraction of sp³-hybridized carbons (Fsp3) is 0.182. The van der Waals surface area contributed by atoms with Crippen molar-refractivity contribution in [1.82, 2.24) is 0 Å². The summed E-state index contributed by atoms with van der Waals surface area (Å²) in [5.74, 6) is 0. The Labute approximate surface area is 88.6 Å². The van der Waals surface area contributed by atoms with Gasteiger partial charge in [0.15, 0.2) is 0 Å². The number of halogens is 1. The fourth-order valence-electron chi connectivity index (χ4n) is 1.09. The topological polar surface area (TPSA) is 49.8 Å². The molecule has 2 nitrogen and oxygen atoms in total. The van der Waals surface area contributed by atoms with E-state index < -0.39 is 0 Å². The van der Waals surface area contributed by atoms with E-state index in [1.165, 1.54) is 0 Å². The molecule has 0 atom stereocenters. The molecule has 2 N–H and O–H groups in total. The molecule has 0 heterocycles. The molecule has 1 aromatic rings. The lowest BCUT2D eigenvalue weighted by molar-refractivity contribution is 1.01. The Kier molecular flexibility index (Phi) is 4.18. The predicted molar refractivity (Wildman–Crippen MR) is 58.9 cm³/mol. The van der Waals surface area contributed by atoms with Gasteiger partial charge in [0.2, 0.25) is 0 Å². The second-order valence-corrected chi connectivity index (χ2v) is 3.30. The van der Waals surface area contributed by atoms with Gasteiger partial charge in [0, 0.05) is 5.02 Å². The Morgan fingerprint density at radius 2 is 2.21 bits per heavy atom. The minimum Gasteiger partial charge on any atom is -0.330 e. The zero-order valence-electron chi connectivity index (χ0n) is 7.70. The number of nitrogens with zero attached hydrogens (tertiary/aromatic N) is 1. The molecule has 0 aliphatic carbocycles. The molecule has 0 aliphatic heterocycles. The second kappa shape index (κ2) is 5.43. The molecule has 1 aromatic carbocycles. The molecule has 3 heteroatoms. The quantitative estimate of drug-likeness (QED) is 0.827. The zero-order chi connectivity index (χ0) is 10.4. The minimum absolute atomic E-state index is 0.574. The lowest BCUT2D eigenvalue weighted by atomic mass is 10.1. The molecule has 72 valence electrons. The van der Waals surface area contributed by atoms with Crippen molar-refractivity contribution in [3.05, 3.63) is 40.4 Å². The largest absolute Gasteiger partial charge is 0.330 e. The first-order valence-corrected chi connectivity index (χ1v) is 4.71. The first kappa shape index (κ1) is 10.8. The van der Waals surface area contributed by atoms with Crippen LogP contribution in [0.3, 0.4) is 0 Å². The molecule has 0 spiro atoms. The molecule has 0 saturated carbocycles. The second-order valence-electron chi connectivity index (χ2n) is 2.86. The number of benzene rings is 1. The van der Waals surface area contributed by atoms with Crippen molar-refractivity contribution in [1.29, 1.82) is 5.26 Å². The Morgan fingerprint density at radius 3 is 2.86 bits per heavy atom. The van der Waals surface area contributed by atoms with Crippen LogP contribution in [0.25, 0.3) is 6.08 Å². The summed E-state index contributed by atoms with van der Waals surface area (Å²) in [4.78, 5) is 0. The standard InChI is InChI=1S/C11H11ClN2/c12-11-6-9(3-1-2-4-13)5-10(7-11)8-14/h1,3,5-7H,2,4,13H2. The maximum atomic E-state index is 8.71. The average molecular weight is 207 g/mol. The van der Waals surface area contributed by atoms with Crippen molar-refractivity contribution >= 4 is 17.7 Å². The highest BCUT2D eigenvalue weighted by atomic mass is 35.5. The lowest BCUT2D eigenvalue weighted by Crippen LogP contribution is -1.94. The van der Waals surface area contributed by atoms with E-state index in [1.54, 1.807) is 12.1 Å². The number of nitriles is 1. The lowest BCUT2D eigenvalue weighted by Gasteiger charge is -1.96. The zero-order valence-corrected chi connectivity index (χ0v) is 8.46. The van der Waals surface area contributed by atoms with Crippen LogP contribution in [0.15, 0.2) is 24.3 Å². The van der Waals surface area contributed by atoms with Crippen LogP contribution in [-0.4, -0.2) is 6.54 Å². The van der Waals surface area contributed by atoms with Crippen LogP contribution in [0.4, 0.5) is 0 Å². The molecule has 0 amide bonds. The number of hydrogen-bond donors (Lipinski definition) is 1. The van der Waals surface area contributed by atoms with Gasteiger partial charge in [-0.3, -0.25) is 0 Å². The summed E-state index contributed by atoms with van der Waals surface area (Å²) in [6.45, 7) is 0.627. The first-order valence-electron chi connectivity index (χ1n) is 4.33. The minimum atomic E-state index is 0.574. The van der Waals surface area contributed by atoms with E-state index in [-0.39, 0.29) is 0 Å². The summed E-state index contributed by atoms with van der Waals surface area (Å²) in [6.07, 6.45) is 4.71. The Morgan fingerprint density at radius 1 is 1.43 bits per heavy atom. The highest BCUT2D eigenvalue weighted by molar-refractivity contribution is 6.30. The van der Waals surface area contributed by atoms with Crippen LogP contribution in [0.1, 0.15) is 17.5 Å². The summed E-state index contributed by atoms with van der Waals surface area (Å²) >= 11 is 5.83. The monoisotopic (exact) mass is 206 g/mol. The van der Waals surface area contributed by atoms with Crippen LogP contribution < -0.4 is 5.73 Å². The van der Waals surface area contributed by atoms with Gasteiger partial charge in [-0.25, -0.2) is 0 Å².